The fraction of sp³-hybridized carbons (Fsp3) is 0.278. The summed E-state index contributed by atoms with van der Waals surface area (Å²) in [6.45, 7) is 6.39. The van der Waals surface area contributed by atoms with Crippen molar-refractivity contribution in [2.24, 2.45) is 0 Å². The highest BCUT2D eigenvalue weighted by Crippen LogP contribution is 2.29. The molecule has 6 heteroatoms. The molecule has 3 rings (SSSR count). The Hall–Kier alpha value is -2.50. The van der Waals surface area contributed by atoms with Crippen molar-refractivity contribution in [3.63, 3.8) is 0 Å². The number of benzene rings is 2. The molecule has 0 atom stereocenters. The number of rotatable bonds is 2. The number of hydrogen-bond acceptors (Lipinski definition) is 2. The van der Waals surface area contributed by atoms with E-state index in [2.05, 4.69) is 35.5 Å². The standard InChI is InChI=1S/C18H17F3N2O/c1-17(2,3)12-6-4-11(5-7-12)16-22-14-9-8-13(10-15(14)23-16)24-18(19,20)21/h4-10H,1-3H3,(H,22,23). The predicted octanol–water partition coefficient (Wildman–Crippen LogP) is 5.43. The Morgan fingerprint density at radius 2 is 1.62 bits per heavy atom. The van der Waals surface area contributed by atoms with Gasteiger partial charge in [-0.3, -0.25) is 0 Å². The third-order valence-corrected chi connectivity index (χ3v) is 3.71. The minimum absolute atomic E-state index is 0.0518. The lowest BCUT2D eigenvalue weighted by atomic mass is 9.87. The third-order valence-electron chi connectivity index (χ3n) is 3.71. The Kier molecular flexibility index (Phi) is 3.78. The molecular weight excluding hydrogens is 317 g/mol. The smallest absolute Gasteiger partial charge is 0.406 e. The first-order chi connectivity index (χ1) is 11.1. The van der Waals surface area contributed by atoms with Crippen LogP contribution in [0.4, 0.5) is 13.2 Å². The van der Waals surface area contributed by atoms with Crippen molar-refractivity contribution >= 4 is 11.0 Å². The van der Waals surface area contributed by atoms with Gasteiger partial charge in [0.25, 0.3) is 0 Å². The van der Waals surface area contributed by atoms with Gasteiger partial charge < -0.3 is 9.72 Å². The van der Waals surface area contributed by atoms with Crippen LogP contribution in [0.2, 0.25) is 0 Å². The zero-order valence-corrected chi connectivity index (χ0v) is 13.5. The molecule has 0 unspecified atom stereocenters. The molecule has 0 amide bonds. The average Bonchev–Trinajstić information content (AvgIpc) is 2.88. The molecule has 0 bridgehead atoms. The van der Waals surface area contributed by atoms with Gasteiger partial charge in [0.1, 0.15) is 11.6 Å². The summed E-state index contributed by atoms with van der Waals surface area (Å²) in [6.07, 6.45) is -4.71. The van der Waals surface area contributed by atoms with E-state index in [0.29, 0.717) is 16.9 Å². The molecule has 1 aromatic heterocycles. The van der Waals surface area contributed by atoms with Crippen molar-refractivity contribution in [2.75, 3.05) is 0 Å². The summed E-state index contributed by atoms with van der Waals surface area (Å²) < 4.78 is 40.8. The van der Waals surface area contributed by atoms with Gasteiger partial charge in [0, 0.05) is 11.6 Å². The fourth-order valence-electron chi connectivity index (χ4n) is 2.45. The van der Waals surface area contributed by atoms with Crippen LogP contribution in [0.15, 0.2) is 42.5 Å². The number of imidazole rings is 1. The Morgan fingerprint density at radius 1 is 0.958 bits per heavy atom. The van der Waals surface area contributed by atoms with Gasteiger partial charge in [-0.25, -0.2) is 4.98 Å². The summed E-state index contributed by atoms with van der Waals surface area (Å²) in [5.41, 5.74) is 3.20. The van der Waals surface area contributed by atoms with E-state index >= 15 is 0 Å². The highest BCUT2D eigenvalue weighted by atomic mass is 19.4. The number of H-pyrrole nitrogens is 1. The highest BCUT2D eigenvalue weighted by Gasteiger charge is 2.31. The van der Waals surface area contributed by atoms with Gasteiger partial charge in [0.15, 0.2) is 0 Å². The monoisotopic (exact) mass is 334 g/mol. The first-order valence-corrected chi connectivity index (χ1v) is 7.48. The molecule has 1 N–H and O–H groups in total. The van der Waals surface area contributed by atoms with Crippen molar-refractivity contribution in [1.29, 1.82) is 0 Å². The molecule has 0 saturated carbocycles. The van der Waals surface area contributed by atoms with E-state index in [1.165, 1.54) is 23.8 Å². The maximum absolute atomic E-state index is 12.3. The molecule has 126 valence electrons. The summed E-state index contributed by atoms with van der Waals surface area (Å²) in [6, 6.07) is 12.0. The zero-order valence-electron chi connectivity index (χ0n) is 13.5. The molecule has 3 nitrogen and oxygen atoms in total. The topological polar surface area (TPSA) is 37.9 Å². The number of alkyl halides is 3. The van der Waals surface area contributed by atoms with Gasteiger partial charge in [0.2, 0.25) is 0 Å². The summed E-state index contributed by atoms with van der Waals surface area (Å²) >= 11 is 0. The minimum atomic E-state index is -4.71. The summed E-state index contributed by atoms with van der Waals surface area (Å²) in [4.78, 5) is 7.46. The van der Waals surface area contributed by atoms with E-state index in [0.717, 1.165) is 5.56 Å². The Morgan fingerprint density at radius 3 is 2.21 bits per heavy atom. The zero-order chi connectivity index (χ0) is 17.5. The van der Waals surface area contributed by atoms with Crippen LogP contribution >= 0.6 is 0 Å². The molecule has 0 spiro atoms. The molecular formula is C18H17F3N2O. The van der Waals surface area contributed by atoms with E-state index in [4.69, 9.17) is 0 Å². The average molecular weight is 334 g/mol. The first kappa shape index (κ1) is 16.4. The van der Waals surface area contributed by atoms with Gasteiger partial charge >= 0.3 is 6.36 Å². The summed E-state index contributed by atoms with van der Waals surface area (Å²) in [5, 5.41) is 0. The van der Waals surface area contributed by atoms with Gasteiger partial charge in [0.05, 0.1) is 11.0 Å². The maximum atomic E-state index is 12.3. The number of aromatic nitrogens is 2. The first-order valence-electron chi connectivity index (χ1n) is 7.48. The van der Waals surface area contributed by atoms with Crippen molar-refractivity contribution in [3.05, 3.63) is 48.0 Å². The van der Waals surface area contributed by atoms with Crippen molar-refractivity contribution in [2.45, 2.75) is 32.5 Å². The number of aromatic amines is 1. The second-order valence-corrected chi connectivity index (χ2v) is 6.64. The number of ether oxygens (including phenoxy) is 1. The molecule has 1 heterocycles. The highest BCUT2D eigenvalue weighted by molar-refractivity contribution is 5.80. The second-order valence-electron chi connectivity index (χ2n) is 6.64. The number of fused-ring (bicyclic) bond motifs is 1. The fourth-order valence-corrected chi connectivity index (χ4v) is 2.45. The number of nitrogens with zero attached hydrogens (tertiary/aromatic N) is 1. The summed E-state index contributed by atoms with van der Waals surface area (Å²) in [5.74, 6) is 0.336. The number of hydrogen-bond donors (Lipinski definition) is 1. The summed E-state index contributed by atoms with van der Waals surface area (Å²) in [7, 11) is 0. The molecule has 24 heavy (non-hydrogen) atoms. The quantitative estimate of drug-likeness (QED) is 0.679. The van der Waals surface area contributed by atoms with Crippen molar-refractivity contribution < 1.29 is 17.9 Å². The van der Waals surface area contributed by atoms with Crippen molar-refractivity contribution in [1.82, 2.24) is 9.97 Å². The largest absolute Gasteiger partial charge is 0.573 e. The predicted molar refractivity (Wildman–Crippen MR) is 86.9 cm³/mol. The second kappa shape index (κ2) is 5.54. The normalized spacial score (nSPS) is 12.6. The van der Waals surface area contributed by atoms with E-state index in [-0.39, 0.29) is 11.2 Å². The van der Waals surface area contributed by atoms with Crippen LogP contribution in [-0.2, 0) is 5.41 Å². The molecule has 3 aromatic rings. The molecule has 0 radical (unpaired) electrons. The lowest BCUT2D eigenvalue weighted by molar-refractivity contribution is -0.274. The van der Waals surface area contributed by atoms with Crippen LogP contribution in [0.1, 0.15) is 26.3 Å². The SMILES string of the molecule is CC(C)(C)c1ccc(-c2nc3ccc(OC(F)(F)F)cc3[nH]2)cc1. The Balaban J connectivity index is 1.93. The van der Waals surface area contributed by atoms with Crippen LogP contribution in [-0.4, -0.2) is 16.3 Å². The van der Waals surface area contributed by atoms with Gasteiger partial charge in [-0.1, -0.05) is 45.0 Å². The molecule has 0 fully saturated rings. The van der Waals surface area contributed by atoms with Crippen LogP contribution < -0.4 is 4.74 Å². The van der Waals surface area contributed by atoms with Crippen LogP contribution in [0.25, 0.3) is 22.4 Å². The maximum Gasteiger partial charge on any atom is 0.573 e. The van der Waals surface area contributed by atoms with E-state index in [1.807, 2.05) is 24.3 Å². The molecule has 0 saturated heterocycles. The van der Waals surface area contributed by atoms with Gasteiger partial charge in [-0.05, 0) is 23.1 Å². The molecule has 2 aromatic carbocycles. The van der Waals surface area contributed by atoms with E-state index in [1.54, 1.807) is 0 Å². The molecule has 0 aliphatic rings. The van der Waals surface area contributed by atoms with Crippen LogP contribution in [0, 0.1) is 0 Å². The van der Waals surface area contributed by atoms with Crippen LogP contribution in [0.5, 0.6) is 5.75 Å². The molecule has 0 aliphatic heterocycles. The van der Waals surface area contributed by atoms with Crippen LogP contribution in [0.3, 0.4) is 0 Å². The van der Waals surface area contributed by atoms with Crippen molar-refractivity contribution in [3.8, 4) is 17.1 Å². The van der Waals surface area contributed by atoms with E-state index < -0.39 is 6.36 Å². The minimum Gasteiger partial charge on any atom is -0.406 e. The van der Waals surface area contributed by atoms with Gasteiger partial charge in [-0.2, -0.15) is 0 Å². The Labute approximate surface area is 137 Å². The Bertz CT molecular complexity index is 859. The van der Waals surface area contributed by atoms with Gasteiger partial charge in [-0.15, -0.1) is 13.2 Å². The van der Waals surface area contributed by atoms with E-state index in [9.17, 15) is 13.2 Å². The third kappa shape index (κ3) is 3.53. The lowest BCUT2D eigenvalue weighted by Gasteiger charge is -2.18. The number of nitrogens with one attached hydrogen (secondary N) is 1. The molecule has 0 aliphatic carbocycles. The lowest BCUT2D eigenvalue weighted by Crippen LogP contribution is -2.16. The number of halogens is 3.